The van der Waals surface area contributed by atoms with Crippen LogP contribution in [0.4, 0.5) is 9.80 Å². The molecule has 8 heteroatoms. The van der Waals surface area contributed by atoms with Crippen molar-refractivity contribution in [1.29, 1.82) is 0 Å². The highest BCUT2D eigenvalue weighted by Gasteiger charge is 2.19. The number of aromatic carboxylic acids is 1. The summed E-state index contributed by atoms with van der Waals surface area (Å²) in [5, 5.41) is 11.7. The Bertz CT molecular complexity index is 740. The fourth-order valence-corrected chi connectivity index (χ4v) is 2.87. The molecule has 0 aliphatic rings. The van der Waals surface area contributed by atoms with E-state index >= 15 is 0 Å². The molecule has 2 rings (SSSR count). The van der Waals surface area contributed by atoms with Crippen LogP contribution in [-0.4, -0.2) is 30.2 Å². The fourth-order valence-electron chi connectivity index (χ4n) is 1.85. The molecule has 1 aromatic heterocycles. The third-order valence-electron chi connectivity index (χ3n) is 2.99. The number of esters is 1. The van der Waals surface area contributed by atoms with Crippen molar-refractivity contribution in [3.05, 3.63) is 52.4 Å². The lowest BCUT2D eigenvalue weighted by atomic mass is 10.2. The molecule has 2 N–H and O–H groups in total. The zero-order chi connectivity index (χ0) is 17.5. The van der Waals surface area contributed by atoms with Gasteiger partial charge in [-0.15, -0.1) is 11.3 Å². The summed E-state index contributed by atoms with van der Waals surface area (Å²) in [5.74, 6) is -1.70. The molecule has 0 spiro atoms. The minimum Gasteiger partial charge on any atom is -0.478 e. The van der Waals surface area contributed by atoms with Gasteiger partial charge < -0.3 is 14.6 Å². The molecular formula is C16H15NO6S. The van der Waals surface area contributed by atoms with Gasteiger partial charge in [-0.3, -0.25) is 10.1 Å². The molecule has 0 unspecified atom stereocenters. The highest BCUT2D eigenvalue weighted by atomic mass is 32.1. The second kappa shape index (κ2) is 8.11. The molecule has 0 aliphatic heterocycles. The maximum Gasteiger partial charge on any atom is 0.412 e. The van der Waals surface area contributed by atoms with Gasteiger partial charge in [0.15, 0.2) is 0 Å². The lowest BCUT2D eigenvalue weighted by Crippen LogP contribution is -2.14. The van der Waals surface area contributed by atoms with Crippen molar-refractivity contribution in [2.24, 2.45) is 0 Å². The van der Waals surface area contributed by atoms with Crippen LogP contribution in [0.15, 0.2) is 36.4 Å². The predicted molar refractivity (Wildman–Crippen MR) is 87.2 cm³/mol. The van der Waals surface area contributed by atoms with E-state index in [0.717, 1.165) is 16.9 Å². The second-order valence-electron chi connectivity index (χ2n) is 4.70. The zero-order valence-electron chi connectivity index (χ0n) is 12.8. The maximum atomic E-state index is 11.8. The van der Waals surface area contributed by atoms with Crippen LogP contribution in [0.25, 0.3) is 0 Å². The number of hydrogen-bond donors (Lipinski definition) is 2. The lowest BCUT2D eigenvalue weighted by Gasteiger charge is -2.06. The lowest BCUT2D eigenvalue weighted by molar-refractivity contribution is -0.139. The number of carbonyl (C=O) groups excluding carboxylic acids is 2. The van der Waals surface area contributed by atoms with E-state index in [-0.39, 0.29) is 23.6 Å². The molecule has 0 bridgehead atoms. The Morgan fingerprint density at radius 1 is 1.21 bits per heavy atom. The van der Waals surface area contributed by atoms with Crippen molar-refractivity contribution in [2.45, 2.75) is 13.0 Å². The number of carboxylic acid groups (broad SMARTS) is 1. The largest absolute Gasteiger partial charge is 0.478 e. The summed E-state index contributed by atoms with van der Waals surface area (Å²) >= 11 is 0.988. The van der Waals surface area contributed by atoms with Gasteiger partial charge >= 0.3 is 18.0 Å². The van der Waals surface area contributed by atoms with Crippen molar-refractivity contribution < 1.29 is 29.0 Å². The molecule has 7 nitrogen and oxygen atoms in total. The summed E-state index contributed by atoms with van der Waals surface area (Å²) in [5.41, 5.74) is 0.708. The summed E-state index contributed by atoms with van der Waals surface area (Å²) in [6.07, 6.45) is -0.838. The van der Waals surface area contributed by atoms with Crippen molar-refractivity contribution in [3.63, 3.8) is 0 Å². The fraction of sp³-hybridized carbons (Fsp3) is 0.188. The first-order chi connectivity index (χ1) is 11.5. The molecule has 1 aromatic carbocycles. The first kappa shape index (κ1) is 17.5. The Morgan fingerprint density at radius 2 is 1.92 bits per heavy atom. The highest BCUT2D eigenvalue weighted by molar-refractivity contribution is 7.16. The Morgan fingerprint density at radius 3 is 2.54 bits per heavy atom. The molecule has 1 amide bonds. The number of anilines is 1. The molecule has 0 aliphatic carbocycles. The first-order valence-electron chi connectivity index (χ1n) is 6.90. The molecule has 0 fully saturated rings. The number of carbonyl (C=O) groups is 3. The van der Waals surface area contributed by atoms with Gasteiger partial charge in [0, 0.05) is 4.88 Å². The van der Waals surface area contributed by atoms with E-state index in [1.165, 1.54) is 13.2 Å². The quantitative estimate of drug-likeness (QED) is 0.778. The number of amides is 1. The Hall–Kier alpha value is -2.87. The zero-order valence-corrected chi connectivity index (χ0v) is 13.6. The standard InChI is InChI=1S/C16H15NO6S/c1-22-13(18)8-11-7-12(15(19)20)14(24-11)17-16(21)23-9-10-5-3-2-4-6-10/h2-7H,8-9H2,1H3,(H,17,21)(H,19,20). The number of ether oxygens (including phenoxy) is 2. The van der Waals surface area contributed by atoms with E-state index in [9.17, 15) is 19.5 Å². The molecule has 0 radical (unpaired) electrons. The van der Waals surface area contributed by atoms with Gasteiger partial charge in [-0.25, -0.2) is 9.59 Å². The molecule has 1 heterocycles. The van der Waals surface area contributed by atoms with Crippen molar-refractivity contribution in [3.8, 4) is 0 Å². The van der Waals surface area contributed by atoms with E-state index in [4.69, 9.17) is 4.74 Å². The molecule has 0 atom stereocenters. The summed E-state index contributed by atoms with van der Waals surface area (Å²) in [4.78, 5) is 34.8. The maximum absolute atomic E-state index is 11.8. The van der Waals surface area contributed by atoms with Gasteiger partial charge in [-0.05, 0) is 11.6 Å². The summed E-state index contributed by atoms with van der Waals surface area (Å²) in [6, 6.07) is 10.4. The molecule has 0 saturated carbocycles. The van der Waals surface area contributed by atoms with Gasteiger partial charge in [0.1, 0.15) is 11.6 Å². The molecule has 24 heavy (non-hydrogen) atoms. The molecule has 0 saturated heterocycles. The molecular weight excluding hydrogens is 334 g/mol. The van der Waals surface area contributed by atoms with Crippen LogP contribution >= 0.6 is 11.3 Å². The summed E-state index contributed by atoms with van der Waals surface area (Å²) in [6.45, 7) is 0.0650. The molecule has 126 valence electrons. The number of benzene rings is 1. The summed E-state index contributed by atoms with van der Waals surface area (Å²) < 4.78 is 9.59. The second-order valence-corrected chi connectivity index (χ2v) is 5.84. The SMILES string of the molecule is COC(=O)Cc1cc(C(=O)O)c(NC(=O)OCc2ccccc2)s1. The third-order valence-corrected chi connectivity index (χ3v) is 4.04. The van der Waals surface area contributed by atoms with Gasteiger partial charge in [0.25, 0.3) is 0 Å². The number of thiophene rings is 1. The van der Waals surface area contributed by atoms with Gasteiger partial charge in [0.2, 0.25) is 0 Å². The Labute approximate surface area is 141 Å². The average molecular weight is 349 g/mol. The first-order valence-corrected chi connectivity index (χ1v) is 7.71. The van der Waals surface area contributed by atoms with Gasteiger partial charge in [-0.2, -0.15) is 0 Å². The predicted octanol–water partition coefficient (Wildman–Crippen LogP) is 2.91. The normalized spacial score (nSPS) is 10.0. The van der Waals surface area contributed by atoms with Crippen LogP contribution in [0, 0.1) is 0 Å². The number of rotatable bonds is 6. The highest BCUT2D eigenvalue weighted by Crippen LogP contribution is 2.29. The minimum absolute atomic E-state index is 0.0650. The number of methoxy groups -OCH3 is 1. The molecule has 2 aromatic rings. The van der Waals surface area contributed by atoms with E-state index in [1.54, 1.807) is 12.1 Å². The average Bonchev–Trinajstić information content (AvgIpc) is 2.96. The van der Waals surface area contributed by atoms with Crippen LogP contribution in [0.5, 0.6) is 0 Å². The van der Waals surface area contributed by atoms with Gasteiger partial charge in [0.05, 0.1) is 19.1 Å². The van der Waals surface area contributed by atoms with E-state index < -0.39 is 18.0 Å². The van der Waals surface area contributed by atoms with E-state index in [2.05, 4.69) is 10.1 Å². The minimum atomic E-state index is -1.21. The van der Waals surface area contributed by atoms with Crippen LogP contribution in [-0.2, 0) is 27.3 Å². The van der Waals surface area contributed by atoms with Crippen LogP contribution in [0.3, 0.4) is 0 Å². The van der Waals surface area contributed by atoms with Crippen molar-refractivity contribution in [2.75, 3.05) is 12.4 Å². The van der Waals surface area contributed by atoms with Crippen LogP contribution in [0.2, 0.25) is 0 Å². The monoisotopic (exact) mass is 349 g/mol. The van der Waals surface area contributed by atoms with Crippen LogP contribution in [0.1, 0.15) is 20.8 Å². The van der Waals surface area contributed by atoms with Crippen molar-refractivity contribution >= 4 is 34.4 Å². The smallest absolute Gasteiger partial charge is 0.412 e. The number of nitrogens with one attached hydrogen (secondary N) is 1. The van der Waals surface area contributed by atoms with Crippen LogP contribution < -0.4 is 5.32 Å². The number of hydrogen-bond acceptors (Lipinski definition) is 6. The van der Waals surface area contributed by atoms with E-state index in [1.807, 2.05) is 18.2 Å². The Balaban J connectivity index is 2.03. The third kappa shape index (κ3) is 4.82. The topological polar surface area (TPSA) is 102 Å². The van der Waals surface area contributed by atoms with E-state index in [0.29, 0.717) is 4.88 Å². The van der Waals surface area contributed by atoms with Gasteiger partial charge in [-0.1, -0.05) is 30.3 Å². The Kier molecular flexibility index (Phi) is 5.91. The number of carboxylic acids is 1. The van der Waals surface area contributed by atoms with Crippen molar-refractivity contribution in [1.82, 2.24) is 0 Å². The summed E-state index contributed by atoms with van der Waals surface area (Å²) in [7, 11) is 1.24.